The first-order valence-electron chi connectivity index (χ1n) is 9.16. The van der Waals surface area contributed by atoms with Crippen LogP contribution >= 0.6 is 0 Å². The summed E-state index contributed by atoms with van der Waals surface area (Å²) in [6.07, 6.45) is 2.02. The predicted molar refractivity (Wildman–Crippen MR) is 98.8 cm³/mol. The van der Waals surface area contributed by atoms with Crippen LogP contribution in [0.2, 0.25) is 0 Å². The number of benzene rings is 1. The van der Waals surface area contributed by atoms with Crippen LogP contribution in [-0.2, 0) is 16.0 Å². The molecule has 0 radical (unpaired) electrons. The van der Waals surface area contributed by atoms with Gasteiger partial charge in [0.1, 0.15) is 11.3 Å². The SMILES string of the molecule is COc1ccc2c(C)c(CC(=O)N3[C@@H]4CC[C@H]3CNC(=O)C4)c(=O)oc2c1. The highest BCUT2D eigenvalue weighted by Gasteiger charge is 2.40. The molecule has 2 aromatic rings. The summed E-state index contributed by atoms with van der Waals surface area (Å²) in [5.41, 5.74) is 1.06. The minimum Gasteiger partial charge on any atom is -0.497 e. The molecule has 2 amide bonds. The van der Waals surface area contributed by atoms with E-state index in [0.717, 1.165) is 23.8 Å². The third-order valence-electron chi connectivity index (χ3n) is 5.69. The van der Waals surface area contributed by atoms with Crippen molar-refractivity contribution in [3.05, 3.63) is 39.7 Å². The third-order valence-corrected chi connectivity index (χ3v) is 5.69. The smallest absolute Gasteiger partial charge is 0.340 e. The number of nitrogens with zero attached hydrogens (tertiary/aromatic N) is 1. The van der Waals surface area contributed by atoms with Gasteiger partial charge >= 0.3 is 5.63 Å². The summed E-state index contributed by atoms with van der Waals surface area (Å²) in [6.45, 7) is 2.31. The Morgan fingerprint density at radius 3 is 2.85 bits per heavy atom. The van der Waals surface area contributed by atoms with Crippen LogP contribution in [0.4, 0.5) is 0 Å². The van der Waals surface area contributed by atoms with Gasteiger partial charge in [-0.2, -0.15) is 0 Å². The summed E-state index contributed by atoms with van der Waals surface area (Å²) in [7, 11) is 1.55. The Bertz CT molecular complexity index is 980. The van der Waals surface area contributed by atoms with Crippen LogP contribution in [0.1, 0.15) is 30.4 Å². The first kappa shape index (κ1) is 17.6. The molecular weight excluding hydrogens is 348 g/mol. The third kappa shape index (κ3) is 3.07. The van der Waals surface area contributed by atoms with Gasteiger partial charge in [-0.3, -0.25) is 9.59 Å². The summed E-state index contributed by atoms with van der Waals surface area (Å²) in [5, 5.41) is 3.64. The quantitative estimate of drug-likeness (QED) is 0.828. The van der Waals surface area contributed by atoms with Crippen molar-refractivity contribution >= 4 is 22.8 Å². The predicted octanol–water partition coefficient (Wildman–Crippen LogP) is 1.53. The zero-order chi connectivity index (χ0) is 19.1. The highest BCUT2D eigenvalue weighted by molar-refractivity contribution is 5.86. The van der Waals surface area contributed by atoms with Crippen molar-refractivity contribution in [2.45, 2.75) is 44.7 Å². The fourth-order valence-electron chi connectivity index (χ4n) is 4.24. The number of carbonyl (C=O) groups excluding carboxylic acids is 2. The lowest BCUT2D eigenvalue weighted by Crippen LogP contribution is -2.43. The Morgan fingerprint density at radius 2 is 2.07 bits per heavy atom. The monoisotopic (exact) mass is 370 g/mol. The van der Waals surface area contributed by atoms with Crippen molar-refractivity contribution in [3.8, 4) is 5.75 Å². The van der Waals surface area contributed by atoms with Gasteiger partial charge in [0.2, 0.25) is 11.8 Å². The van der Waals surface area contributed by atoms with Gasteiger partial charge in [-0.05, 0) is 37.5 Å². The lowest BCUT2D eigenvalue weighted by Gasteiger charge is -2.27. The van der Waals surface area contributed by atoms with Gasteiger partial charge in [0.25, 0.3) is 0 Å². The van der Waals surface area contributed by atoms with Crippen molar-refractivity contribution in [2.75, 3.05) is 13.7 Å². The first-order valence-corrected chi connectivity index (χ1v) is 9.16. The van der Waals surface area contributed by atoms with E-state index in [1.165, 1.54) is 0 Å². The van der Waals surface area contributed by atoms with Crippen LogP contribution in [0, 0.1) is 6.92 Å². The second kappa shape index (κ2) is 6.72. The van der Waals surface area contributed by atoms with Crippen molar-refractivity contribution in [3.63, 3.8) is 0 Å². The largest absolute Gasteiger partial charge is 0.497 e. The van der Waals surface area contributed by atoms with E-state index in [1.807, 2.05) is 13.0 Å². The molecule has 1 aromatic carbocycles. The lowest BCUT2D eigenvalue weighted by molar-refractivity contribution is -0.133. The summed E-state index contributed by atoms with van der Waals surface area (Å²) >= 11 is 0. The van der Waals surface area contributed by atoms with Crippen LogP contribution in [0.25, 0.3) is 11.0 Å². The highest BCUT2D eigenvalue weighted by atomic mass is 16.5. The van der Waals surface area contributed by atoms with E-state index in [1.54, 1.807) is 24.1 Å². The minimum atomic E-state index is -0.502. The summed E-state index contributed by atoms with van der Waals surface area (Å²) < 4.78 is 10.6. The van der Waals surface area contributed by atoms with Gasteiger partial charge < -0.3 is 19.4 Å². The van der Waals surface area contributed by atoms with Gasteiger partial charge in [0, 0.05) is 36.5 Å². The molecule has 2 aliphatic rings. The molecule has 1 aromatic heterocycles. The number of methoxy groups -OCH3 is 1. The van der Waals surface area contributed by atoms with E-state index < -0.39 is 5.63 Å². The topological polar surface area (TPSA) is 88.9 Å². The molecule has 27 heavy (non-hydrogen) atoms. The maximum Gasteiger partial charge on any atom is 0.340 e. The maximum absolute atomic E-state index is 13.0. The number of rotatable bonds is 3. The summed E-state index contributed by atoms with van der Waals surface area (Å²) in [6, 6.07) is 5.22. The molecule has 0 unspecified atom stereocenters. The molecule has 0 spiro atoms. The van der Waals surface area contributed by atoms with E-state index in [0.29, 0.717) is 29.9 Å². The van der Waals surface area contributed by atoms with Crippen LogP contribution in [0.15, 0.2) is 27.4 Å². The number of aryl methyl sites for hydroxylation is 1. The van der Waals surface area contributed by atoms with Crippen LogP contribution in [-0.4, -0.2) is 42.5 Å². The molecule has 2 atom stereocenters. The number of fused-ring (bicyclic) bond motifs is 3. The molecule has 7 heteroatoms. The Morgan fingerprint density at radius 1 is 1.30 bits per heavy atom. The normalized spacial score (nSPS) is 21.9. The fraction of sp³-hybridized carbons (Fsp3) is 0.450. The number of hydrogen-bond acceptors (Lipinski definition) is 5. The van der Waals surface area contributed by atoms with Crippen molar-refractivity contribution in [1.82, 2.24) is 10.2 Å². The van der Waals surface area contributed by atoms with E-state index in [-0.39, 0.29) is 30.3 Å². The molecule has 142 valence electrons. The lowest BCUT2D eigenvalue weighted by atomic mass is 10.0. The molecule has 2 fully saturated rings. The van der Waals surface area contributed by atoms with Gasteiger partial charge in [0.05, 0.1) is 19.1 Å². The van der Waals surface area contributed by atoms with Gasteiger partial charge in [-0.15, -0.1) is 0 Å². The Kier molecular flexibility index (Phi) is 4.37. The fourth-order valence-corrected chi connectivity index (χ4v) is 4.24. The van der Waals surface area contributed by atoms with E-state index in [9.17, 15) is 14.4 Å². The highest BCUT2D eigenvalue weighted by Crippen LogP contribution is 2.30. The van der Waals surface area contributed by atoms with Crippen LogP contribution in [0.5, 0.6) is 5.75 Å². The molecule has 3 heterocycles. The Balaban J connectivity index is 1.66. The van der Waals surface area contributed by atoms with Crippen LogP contribution < -0.4 is 15.7 Å². The number of nitrogens with one attached hydrogen (secondary N) is 1. The number of carbonyl (C=O) groups is 2. The van der Waals surface area contributed by atoms with Gasteiger partial charge in [-0.1, -0.05) is 0 Å². The molecule has 0 saturated carbocycles. The average molecular weight is 370 g/mol. The zero-order valence-electron chi connectivity index (χ0n) is 15.4. The molecule has 4 rings (SSSR count). The van der Waals surface area contributed by atoms with E-state index >= 15 is 0 Å². The van der Waals surface area contributed by atoms with Crippen molar-refractivity contribution in [2.24, 2.45) is 0 Å². The number of hydrogen-bond donors (Lipinski definition) is 1. The van der Waals surface area contributed by atoms with Crippen molar-refractivity contribution in [1.29, 1.82) is 0 Å². The standard InChI is InChI=1S/C20H22N2O5/c1-11-15-6-5-14(26-2)8-17(15)27-20(25)16(11)9-19(24)22-12-3-4-13(22)10-21-18(23)7-12/h5-6,8,12-13H,3-4,7,9-10H2,1-2H3,(H,21,23)/t12-,13+/m1/s1. The van der Waals surface area contributed by atoms with Crippen molar-refractivity contribution < 1.29 is 18.7 Å². The van der Waals surface area contributed by atoms with Gasteiger partial charge in [0.15, 0.2) is 0 Å². The molecule has 1 N–H and O–H groups in total. The molecule has 2 bridgehead atoms. The zero-order valence-corrected chi connectivity index (χ0v) is 15.4. The Hall–Kier alpha value is -2.83. The maximum atomic E-state index is 13.0. The van der Waals surface area contributed by atoms with Gasteiger partial charge in [-0.25, -0.2) is 4.79 Å². The second-order valence-corrected chi connectivity index (χ2v) is 7.23. The number of amides is 2. The summed E-state index contributed by atoms with van der Waals surface area (Å²) in [4.78, 5) is 39.1. The molecule has 0 aliphatic carbocycles. The molecule has 2 aliphatic heterocycles. The van der Waals surface area contributed by atoms with E-state index in [4.69, 9.17) is 9.15 Å². The second-order valence-electron chi connectivity index (χ2n) is 7.23. The van der Waals surface area contributed by atoms with E-state index in [2.05, 4.69) is 5.32 Å². The number of ether oxygens (including phenoxy) is 1. The molecule has 7 nitrogen and oxygen atoms in total. The van der Waals surface area contributed by atoms with Crippen LogP contribution in [0.3, 0.4) is 0 Å². The Labute approximate surface area is 156 Å². The molecule has 2 saturated heterocycles. The summed E-state index contributed by atoms with van der Waals surface area (Å²) in [5.74, 6) is 0.463. The molecular formula is C20H22N2O5. The first-order chi connectivity index (χ1) is 13.0. The minimum absolute atomic E-state index is 0.00557. The average Bonchev–Trinajstić information content (AvgIpc) is 2.96.